The van der Waals surface area contributed by atoms with Crippen LogP contribution in [-0.4, -0.2) is 21.7 Å². The monoisotopic (exact) mass is 373 g/mol. The fourth-order valence-electron chi connectivity index (χ4n) is 3.94. The van der Waals surface area contributed by atoms with Gasteiger partial charge < -0.3 is 5.32 Å². The van der Waals surface area contributed by atoms with Crippen molar-refractivity contribution >= 4 is 17.5 Å². The van der Waals surface area contributed by atoms with Gasteiger partial charge in [0.05, 0.1) is 17.8 Å². The third-order valence-corrected chi connectivity index (χ3v) is 6.01. The number of nitrogens with zero attached hydrogens (tertiary/aromatic N) is 2. The lowest BCUT2D eigenvalue weighted by Gasteiger charge is -2.28. The largest absolute Gasteiger partial charge is 0.349 e. The van der Waals surface area contributed by atoms with Crippen LogP contribution in [0, 0.1) is 19.8 Å². The van der Waals surface area contributed by atoms with Crippen LogP contribution in [0.2, 0.25) is 5.02 Å². The number of carbonyl (C=O) groups excluding carboxylic acids is 1. The maximum Gasteiger partial charge on any atom is 0.255 e. The molecule has 0 unspecified atom stereocenters. The van der Waals surface area contributed by atoms with Gasteiger partial charge in [-0.15, -0.1) is 0 Å². The van der Waals surface area contributed by atoms with E-state index in [1.807, 2.05) is 42.8 Å². The van der Waals surface area contributed by atoms with Crippen LogP contribution in [0.25, 0.3) is 0 Å². The molecule has 1 saturated carbocycles. The third kappa shape index (κ3) is 4.12. The number of halogens is 1. The number of aryl methyl sites for hydroxylation is 1. The molecule has 0 radical (unpaired) electrons. The van der Waals surface area contributed by atoms with Crippen LogP contribution in [0.4, 0.5) is 0 Å². The van der Waals surface area contributed by atoms with Gasteiger partial charge in [0.2, 0.25) is 0 Å². The summed E-state index contributed by atoms with van der Waals surface area (Å²) in [6.45, 7) is 6.68. The van der Waals surface area contributed by atoms with Crippen molar-refractivity contribution in [3.8, 4) is 0 Å². The Morgan fingerprint density at radius 1 is 1.23 bits per heavy atom. The second-order valence-corrected chi connectivity index (χ2v) is 7.80. The summed E-state index contributed by atoms with van der Waals surface area (Å²) in [5, 5.41) is 8.54. The van der Waals surface area contributed by atoms with Crippen LogP contribution in [0.1, 0.15) is 66.3 Å². The molecule has 1 N–H and O–H groups in total. The molecular formula is C21H28ClN3O. The molecule has 1 fully saturated rings. The zero-order valence-corrected chi connectivity index (χ0v) is 16.6. The fourth-order valence-corrected chi connectivity index (χ4v) is 4.14. The summed E-state index contributed by atoms with van der Waals surface area (Å²) >= 11 is 6.27. The molecule has 1 heterocycles. The van der Waals surface area contributed by atoms with Gasteiger partial charge in [-0.3, -0.25) is 9.48 Å². The van der Waals surface area contributed by atoms with Gasteiger partial charge in [-0.25, -0.2) is 0 Å². The molecular weight excluding hydrogens is 346 g/mol. The van der Waals surface area contributed by atoms with Gasteiger partial charge in [-0.05, 0) is 57.1 Å². The van der Waals surface area contributed by atoms with Gasteiger partial charge >= 0.3 is 0 Å². The van der Waals surface area contributed by atoms with Gasteiger partial charge in [0.25, 0.3) is 5.91 Å². The average Bonchev–Trinajstić information content (AvgIpc) is 2.91. The van der Waals surface area contributed by atoms with Crippen LogP contribution in [-0.2, 0) is 6.54 Å². The first-order chi connectivity index (χ1) is 12.5. The molecule has 1 aromatic carbocycles. The molecule has 1 aromatic heterocycles. The molecule has 4 nitrogen and oxygen atoms in total. The van der Waals surface area contributed by atoms with E-state index >= 15 is 0 Å². The Morgan fingerprint density at radius 2 is 1.92 bits per heavy atom. The molecule has 0 spiro atoms. The number of benzene rings is 1. The fraction of sp³-hybridized carbons (Fsp3) is 0.524. The number of aromatic nitrogens is 2. The minimum Gasteiger partial charge on any atom is -0.349 e. The molecule has 3 rings (SSSR count). The zero-order valence-electron chi connectivity index (χ0n) is 15.9. The molecule has 5 heteroatoms. The summed E-state index contributed by atoms with van der Waals surface area (Å²) in [5.74, 6) is 0.829. The number of hydrogen-bond donors (Lipinski definition) is 1. The standard InChI is InChI=1S/C21H28ClN3O/c1-4-16-9-11-18(12-10-16)23-21(26)20-14(2)24-25(15(20)3)13-17-7-5-6-8-19(17)22/h5-8,16,18H,4,9-13H2,1-3H3,(H,23,26). The number of carbonyl (C=O) groups is 1. The van der Waals surface area contributed by atoms with E-state index in [-0.39, 0.29) is 11.9 Å². The van der Waals surface area contributed by atoms with E-state index in [0.29, 0.717) is 12.1 Å². The molecule has 1 aliphatic rings. The van der Waals surface area contributed by atoms with Crippen molar-refractivity contribution in [1.29, 1.82) is 0 Å². The van der Waals surface area contributed by atoms with Crippen LogP contribution in [0.15, 0.2) is 24.3 Å². The smallest absolute Gasteiger partial charge is 0.255 e. The van der Waals surface area contributed by atoms with E-state index in [1.54, 1.807) is 0 Å². The minimum absolute atomic E-state index is 0.00496. The highest BCUT2D eigenvalue weighted by atomic mass is 35.5. The Balaban J connectivity index is 1.71. The summed E-state index contributed by atoms with van der Waals surface area (Å²) in [4.78, 5) is 12.8. The third-order valence-electron chi connectivity index (χ3n) is 5.65. The first-order valence-corrected chi connectivity index (χ1v) is 9.95. The second-order valence-electron chi connectivity index (χ2n) is 7.39. The molecule has 2 aromatic rings. The molecule has 26 heavy (non-hydrogen) atoms. The SMILES string of the molecule is CCC1CCC(NC(=O)c2c(C)nn(Cc3ccccc3Cl)c2C)CC1. The lowest BCUT2D eigenvalue weighted by molar-refractivity contribution is 0.0920. The molecule has 0 bridgehead atoms. The quantitative estimate of drug-likeness (QED) is 0.810. The molecule has 0 aliphatic heterocycles. The van der Waals surface area contributed by atoms with Crippen molar-refractivity contribution in [2.45, 2.75) is 65.5 Å². The maximum atomic E-state index is 12.8. The predicted molar refractivity (Wildman–Crippen MR) is 106 cm³/mol. The summed E-state index contributed by atoms with van der Waals surface area (Å²) in [5.41, 5.74) is 3.37. The van der Waals surface area contributed by atoms with Crippen molar-refractivity contribution < 1.29 is 4.79 Å². The first-order valence-electron chi connectivity index (χ1n) is 9.57. The number of hydrogen-bond acceptors (Lipinski definition) is 2. The van der Waals surface area contributed by atoms with E-state index in [9.17, 15) is 4.79 Å². The van der Waals surface area contributed by atoms with Crippen LogP contribution < -0.4 is 5.32 Å². The summed E-state index contributed by atoms with van der Waals surface area (Å²) in [6, 6.07) is 8.04. The summed E-state index contributed by atoms with van der Waals surface area (Å²) in [6.07, 6.45) is 5.83. The van der Waals surface area contributed by atoms with Crippen molar-refractivity contribution in [2.24, 2.45) is 5.92 Å². The average molecular weight is 374 g/mol. The maximum absolute atomic E-state index is 12.8. The topological polar surface area (TPSA) is 46.9 Å². The summed E-state index contributed by atoms with van der Waals surface area (Å²) in [7, 11) is 0. The number of amides is 1. The Labute approximate surface area is 160 Å². The Morgan fingerprint density at radius 3 is 2.58 bits per heavy atom. The van der Waals surface area contributed by atoms with Crippen molar-refractivity contribution in [3.63, 3.8) is 0 Å². The van der Waals surface area contributed by atoms with Gasteiger partial charge in [0.1, 0.15) is 0 Å². The van der Waals surface area contributed by atoms with Crippen molar-refractivity contribution in [2.75, 3.05) is 0 Å². The lowest BCUT2D eigenvalue weighted by Crippen LogP contribution is -2.38. The number of rotatable bonds is 5. The van der Waals surface area contributed by atoms with Gasteiger partial charge in [-0.2, -0.15) is 5.10 Å². The van der Waals surface area contributed by atoms with Crippen molar-refractivity contribution in [3.05, 3.63) is 51.8 Å². The van der Waals surface area contributed by atoms with Gasteiger partial charge in [0, 0.05) is 16.8 Å². The minimum atomic E-state index is 0.00496. The highest BCUT2D eigenvalue weighted by Crippen LogP contribution is 2.27. The van der Waals surface area contributed by atoms with Crippen LogP contribution in [0.5, 0.6) is 0 Å². The van der Waals surface area contributed by atoms with Crippen molar-refractivity contribution in [1.82, 2.24) is 15.1 Å². The Hall–Kier alpha value is -1.81. The lowest BCUT2D eigenvalue weighted by atomic mass is 9.84. The highest BCUT2D eigenvalue weighted by Gasteiger charge is 2.25. The van der Waals surface area contributed by atoms with Crippen LogP contribution in [0.3, 0.4) is 0 Å². The Kier molecular flexibility index (Phi) is 6.02. The molecule has 1 aliphatic carbocycles. The molecule has 0 saturated heterocycles. The van der Waals surface area contributed by atoms with E-state index in [0.717, 1.165) is 40.7 Å². The van der Waals surface area contributed by atoms with Gasteiger partial charge in [0.15, 0.2) is 0 Å². The summed E-state index contributed by atoms with van der Waals surface area (Å²) < 4.78 is 1.87. The normalized spacial score (nSPS) is 20.2. The van der Waals surface area contributed by atoms with E-state index in [4.69, 9.17) is 11.6 Å². The van der Waals surface area contributed by atoms with E-state index < -0.39 is 0 Å². The van der Waals surface area contributed by atoms with E-state index in [2.05, 4.69) is 17.3 Å². The Bertz CT molecular complexity index is 776. The van der Waals surface area contributed by atoms with E-state index in [1.165, 1.54) is 19.3 Å². The number of nitrogens with one attached hydrogen (secondary N) is 1. The zero-order chi connectivity index (χ0) is 18.7. The molecule has 1 amide bonds. The first kappa shape index (κ1) is 19.0. The van der Waals surface area contributed by atoms with Gasteiger partial charge in [-0.1, -0.05) is 43.1 Å². The molecule has 140 valence electrons. The molecule has 0 atom stereocenters. The predicted octanol–water partition coefficient (Wildman–Crippen LogP) is 4.90. The highest BCUT2D eigenvalue weighted by molar-refractivity contribution is 6.31. The second kappa shape index (κ2) is 8.26. The van der Waals surface area contributed by atoms with Crippen LogP contribution >= 0.6 is 11.6 Å².